The van der Waals surface area contributed by atoms with Gasteiger partial charge in [0.1, 0.15) is 0 Å². The fourth-order valence-electron chi connectivity index (χ4n) is 2.29. The van der Waals surface area contributed by atoms with Crippen molar-refractivity contribution in [1.29, 1.82) is 0 Å². The second-order valence-corrected chi connectivity index (χ2v) is 5.35. The van der Waals surface area contributed by atoms with Crippen LogP contribution in [-0.2, 0) is 4.79 Å². The highest BCUT2D eigenvalue weighted by Crippen LogP contribution is 2.14. The van der Waals surface area contributed by atoms with Gasteiger partial charge in [-0.1, -0.05) is 27.2 Å². The van der Waals surface area contributed by atoms with Crippen molar-refractivity contribution in [2.45, 2.75) is 58.9 Å². The van der Waals surface area contributed by atoms with Crippen molar-refractivity contribution in [2.75, 3.05) is 19.6 Å². The predicted octanol–water partition coefficient (Wildman–Crippen LogP) is 2.41. The van der Waals surface area contributed by atoms with E-state index in [2.05, 4.69) is 31.0 Å². The van der Waals surface area contributed by atoms with E-state index in [-0.39, 0.29) is 0 Å². The molecule has 0 saturated carbocycles. The molecule has 0 bridgehead atoms. The van der Waals surface area contributed by atoms with E-state index in [1.54, 1.807) is 0 Å². The molecule has 1 aliphatic heterocycles. The number of piperidine rings is 1. The molecule has 2 unspecified atom stereocenters. The van der Waals surface area contributed by atoms with Crippen molar-refractivity contribution in [2.24, 2.45) is 5.92 Å². The molecule has 3 heteroatoms. The van der Waals surface area contributed by atoms with E-state index in [1.165, 1.54) is 6.42 Å². The Morgan fingerprint density at radius 3 is 2.88 bits per heavy atom. The summed E-state index contributed by atoms with van der Waals surface area (Å²) in [6, 6.07) is 0.518. The Labute approximate surface area is 106 Å². The third-order valence-electron chi connectivity index (χ3n) is 3.68. The number of carbonyl (C=O) groups excluding carboxylic acids is 1. The maximum atomic E-state index is 12.1. The highest BCUT2D eigenvalue weighted by Gasteiger charge is 2.23. The number of nitrogens with one attached hydrogen (secondary N) is 1. The van der Waals surface area contributed by atoms with Crippen molar-refractivity contribution < 1.29 is 4.79 Å². The molecule has 0 spiro atoms. The van der Waals surface area contributed by atoms with Crippen LogP contribution in [0.5, 0.6) is 0 Å². The molecule has 17 heavy (non-hydrogen) atoms. The van der Waals surface area contributed by atoms with Gasteiger partial charge in [-0.05, 0) is 31.7 Å². The van der Waals surface area contributed by atoms with E-state index in [1.807, 2.05) is 0 Å². The van der Waals surface area contributed by atoms with Gasteiger partial charge < -0.3 is 10.2 Å². The van der Waals surface area contributed by atoms with Crippen molar-refractivity contribution in [3.8, 4) is 0 Å². The largest absolute Gasteiger partial charge is 0.341 e. The Balaban J connectivity index is 2.35. The van der Waals surface area contributed by atoms with Crippen LogP contribution in [0.3, 0.4) is 0 Å². The number of hydrogen-bond acceptors (Lipinski definition) is 2. The minimum Gasteiger partial charge on any atom is -0.341 e. The van der Waals surface area contributed by atoms with Gasteiger partial charge in [0.25, 0.3) is 0 Å². The molecule has 1 amide bonds. The van der Waals surface area contributed by atoms with Crippen LogP contribution < -0.4 is 5.32 Å². The third-order valence-corrected chi connectivity index (χ3v) is 3.68. The van der Waals surface area contributed by atoms with Gasteiger partial charge in [0.15, 0.2) is 0 Å². The first kappa shape index (κ1) is 14.5. The first-order valence-electron chi connectivity index (χ1n) is 7.18. The summed E-state index contributed by atoms with van der Waals surface area (Å²) in [7, 11) is 0. The summed E-state index contributed by atoms with van der Waals surface area (Å²) in [5.41, 5.74) is 0. The Bertz CT molecular complexity index is 230. The molecule has 0 aliphatic carbocycles. The monoisotopic (exact) mass is 240 g/mol. The predicted molar refractivity (Wildman–Crippen MR) is 72.0 cm³/mol. The Hall–Kier alpha value is -0.570. The molecule has 1 N–H and O–H groups in total. The summed E-state index contributed by atoms with van der Waals surface area (Å²) in [5, 5.41) is 3.53. The minimum atomic E-state index is 0.349. The van der Waals surface area contributed by atoms with Crippen LogP contribution in [0.15, 0.2) is 0 Å². The van der Waals surface area contributed by atoms with Gasteiger partial charge in [0.2, 0.25) is 5.91 Å². The molecule has 1 rings (SSSR count). The fourth-order valence-corrected chi connectivity index (χ4v) is 2.29. The van der Waals surface area contributed by atoms with Crippen LogP contribution >= 0.6 is 0 Å². The SMILES string of the molecule is CCCNC1CCCN(C(=O)CC(C)CC)C1. The summed E-state index contributed by atoms with van der Waals surface area (Å²) in [6.45, 7) is 9.43. The summed E-state index contributed by atoms with van der Waals surface area (Å²) < 4.78 is 0. The first-order valence-corrected chi connectivity index (χ1v) is 7.18. The topological polar surface area (TPSA) is 32.3 Å². The van der Waals surface area contributed by atoms with Crippen LogP contribution in [0, 0.1) is 5.92 Å². The van der Waals surface area contributed by atoms with Gasteiger partial charge >= 0.3 is 0 Å². The minimum absolute atomic E-state index is 0.349. The van der Waals surface area contributed by atoms with E-state index < -0.39 is 0 Å². The standard InChI is InChI=1S/C14H28N2O/c1-4-8-15-13-7-6-9-16(11-13)14(17)10-12(3)5-2/h12-13,15H,4-11H2,1-3H3. The lowest BCUT2D eigenvalue weighted by Gasteiger charge is -2.34. The smallest absolute Gasteiger partial charge is 0.222 e. The molecule has 2 atom stereocenters. The molecule has 0 aromatic rings. The zero-order valence-corrected chi connectivity index (χ0v) is 11.7. The zero-order valence-electron chi connectivity index (χ0n) is 11.7. The van der Waals surface area contributed by atoms with Crippen molar-refractivity contribution >= 4 is 5.91 Å². The number of amides is 1. The van der Waals surface area contributed by atoms with Gasteiger partial charge in [-0.25, -0.2) is 0 Å². The number of hydrogen-bond donors (Lipinski definition) is 1. The van der Waals surface area contributed by atoms with E-state index in [0.717, 1.165) is 45.3 Å². The fraction of sp³-hybridized carbons (Fsp3) is 0.929. The van der Waals surface area contributed by atoms with E-state index >= 15 is 0 Å². The highest BCUT2D eigenvalue weighted by molar-refractivity contribution is 5.76. The van der Waals surface area contributed by atoms with Gasteiger partial charge in [-0.2, -0.15) is 0 Å². The van der Waals surface area contributed by atoms with Crippen molar-refractivity contribution in [1.82, 2.24) is 10.2 Å². The lowest BCUT2D eigenvalue weighted by molar-refractivity contribution is -0.133. The quantitative estimate of drug-likeness (QED) is 0.773. The number of likely N-dealkylation sites (tertiary alicyclic amines) is 1. The lowest BCUT2D eigenvalue weighted by Crippen LogP contribution is -2.48. The molecule has 3 nitrogen and oxygen atoms in total. The maximum absolute atomic E-state index is 12.1. The Morgan fingerprint density at radius 1 is 1.47 bits per heavy atom. The molecular formula is C14H28N2O. The molecule has 1 aliphatic rings. The average Bonchev–Trinajstić information content (AvgIpc) is 2.36. The Morgan fingerprint density at radius 2 is 2.24 bits per heavy atom. The van der Waals surface area contributed by atoms with E-state index in [0.29, 0.717) is 17.9 Å². The van der Waals surface area contributed by atoms with Crippen LogP contribution in [-0.4, -0.2) is 36.5 Å². The molecule has 1 heterocycles. The Kier molecular flexibility index (Phi) is 6.56. The second kappa shape index (κ2) is 7.70. The third kappa shape index (κ3) is 5.07. The van der Waals surface area contributed by atoms with Crippen LogP contribution in [0.1, 0.15) is 52.9 Å². The number of rotatable bonds is 6. The summed E-state index contributed by atoms with van der Waals surface area (Å²) in [6.07, 6.45) is 5.34. The first-order chi connectivity index (χ1) is 8.17. The molecule has 100 valence electrons. The average molecular weight is 240 g/mol. The molecule has 1 fully saturated rings. The van der Waals surface area contributed by atoms with E-state index in [9.17, 15) is 4.79 Å². The van der Waals surface area contributed by atoms with Crippen molar-refractivity contribution in [3.05, 3.63) is 0 Å². The summed E-state index contributed by atoms with van der Waals surface area (Å²) >= 11 is 0. The van der Waals surface area contributed by atoms with Crippen LogP contribution in [0.2, 0.25) is 0 Å². The van der Waals surface area contributed by atoms with E-state index in [4.69, 9.17) is 0 Å². The number of carbonyl (C=O) groups is 1. The molecular weight excluding hydrogens is 212 g/mol. The normalized spacial score (nSPS) is 22.5. The molecule has 0 radical (unpaired) electrons. The summed E-state index contributed by atoms with van der Waals surface area (Å²) in [4.78, 5) is 14.1. The van der Waals surface area contributed by atoms with Crippen LogP contribution in [0.25, 0.3) is 0 Å². The van der Waals surface area contributed by atoms with Gasteiger partial charge in [0.05, 0.1) is 0 Å². The van der Waals surface area contributed by atoms with Crippen molar-refractivity contribution in [3.63, 3.8) is 0 Å². The summed E-state index contributed by atoms with van der Waals surface area (Å²) in [5.74, 6) is 0.869. The van der Waals surface area contributed by atoms with Crippen LogP contribution in [0.4, 0.5) is 0 Å². The maximum Gasteiger partial charge on any atom is 0.222 e. The number of nitrogens with zero attached hydrogens (tertiary/aromatic N) is 1. The zero-order chi connectivity index (χ0) is 12.7. The molecule has 0 aromatic carbocycles. The molecule has 1 saturated heterocycles. The molecule has 0 aromatic heterocycles. The highest BCUT2D eigenvalue weighted by atomic mass is 16.2. The van der Waals surface area contributed by atoms with Gasteiger partial charge in [-0.3, -0.25) is 4.79 Å². The lowest BCUT2D eigenvalue weighted by atomic mass is 10.0. The second-order valence-electron chi connectivity index (χ2n) is 5.35. The van der Waals surface area contributed by atoms with Gasteiger partial charge in [0, 0.05) is 25.6 Å². The van der Waals surface area contributed by atoms with Gasteiger partial charge in [-0.15, -0.1) is 0 Å².